The van der Waals surface area contributed by atoms with Gasteiger partial charge >= 0.3 is 0 Å². The number of hydrogen-bond acceptors (Lipinski definition) is 2. The number of pyridine rings is 1. The molecule has 0 saturated heterocycles. The zero-order chi connectivity index (χ0) is 11.1. The number of rotatable bonds is 0. The Morgan fingerprint density at radius 1 is 0.800 bits per heavy atom. The molecule has 0 saturated carbocycles. The van der Waals surface area contributed by atoms with Crippen molar-refractivity contribution < 1.29 is 5.11 Å². The third-order valence-corrected chi connectivity index (χ3v) is 1.88. The van der Waals surface area contributed by atoms with Gasteiger partial charge in [0.1, 0.15) is 5.75 Å². The molecule has 1 N–H and O–H groups in total. The van der Waals surface area contributed by atoms with E-state index in [0.29, 0.717) is 5.75 Å². The van der Waals surface area contributed by atoms with Crippen LogP contribution >= 0.6 is 0 Å². The van der Waals surface area contributed by atoms with Crippen molar-refractivity contribution in [2.24, 2.45) is 0 Å². The monoisotopic (exact) mass is 201 g/mol. The lowest BCUT2D eigenvalue weighted by Gasteiger charge is -1.89. The Balaban J connectivity index is 0.000000151. The molecule has 0 radical (unpaired) electrons. The van der Waals surface area contributed by atoms with Crippen LogP contribution in [0, 0.1) is 13.8 Å². The lowest BCUT2D eigenvalue weighted by atomic mass is 10.2. The molecule has 0 spiro atoms. The summed E-state index contributed by atoms with van der Waals surface area (Å²) in [4.78, 5) is 3.85. The largest absolute Gasteiger partial charge is 0.508 e. The molecule has 15 heavy (non-hydrogen) atoms. The molecule has 0 fully saturated rings. The highest BCUT2D eigenvalue weighted by Crippen LogP contribution is 2.07. The minimum Gasteiger partial charge on any atom is -0.508 e. The lowest BCUT2D eigenvalue weighted by molar-refractivity contribution is 0.475. The van der Waals surface area contributed by atoms with E-state index in [9.17, 15) is 0 Å². The standard InChI is InChI=1S/C7H8O.C6H7N/c1-6-2-4-7(8)5-3-6;1-6-2-4-7-5-3-6/h2-5,8H,1H3;2-5H,1H3. The molecule has 0 aliphatic heterocycles. The number of phenolic OH excluding ortho intramolecular Hbond substituents is 1. The molecule has 1 aromatic carbocycles. The summed E-state index contributed by atoms with van der Waals surface area (Å²) in [6.45, 7) is 4.03. The number of phenols is 1. The molecule has 2 heteroatoms. The van der Waals surface area contributed by atoms with Crippen molar-refractivity contribution in [2.45, 2.75) is 13.8 Å². The van der Waals surface area contributed by atoms with Crippen molar-refractivity contribution in [3.05, 3.63) is 59.9 Å². The minimum atomic E-state index is 0.329. The van der Waals surface area contributed by atoms with Crippen molar-refractivity contribution in [3.8, 4) is 5.75 Å². The Morgan fingerprint density at radius 2 is 1.27 bits per heavy atom. The first-order valence-corrected chi connectivity index (χ1v) is 4.81. The van der Waals surface area contributed by atoms with Gasteiger partial charge in [0.15, 0.2) is 0 Å². The average Bonchev–Trinajstić information content (AvgIpc) is 2.25. The molecule has 0 bridgehead atoms. The molecule has 2 rings (SSSR count). The quantitative estimate of drug-likeness (QED) is 0.710. The number of aromatic hydroxyl groups is 1. The zero-order valence-electron chi connectivity index (χ0n) is 9.01. The maximum absolute atomic E-state index is 8.76. The Bertz CT molecular complexity index is 360. The zero-order valence-corrected chi connectivity index (χ0v) is 9.01. The number of hydrogen-bond donors (Lipinski definition) is 1. The van der Waals surface area contributed by atoms with E-state index in [4.69, 9.17) is 5.11 Å². The summed E-state index contributed by atoms with van der Waals surface area (Å²) in [5.74, 6) is 0.329. The van der Waals surface area contributed by atoms with Gasteiger partial charge in [0, 0.05) is 12.4 Å². The second-order valence-electron chi connectivity index (χ2n) is 3.36. The van der Waals surface area contributed by atoms with Gasteiger partial charge in [-0.1, -0.05) is 17.7 Å². The summed E-state index contributed by atoms with van der Waals surface area (Å²) in [6, 6.07) is 11.0. The van der Waals surface area contributed by atoms with Crippen LogP contribution in [-0.4, -0.2) is 10.1 Å². The van der Waals surface area contributed by atoms with Gasteiger partial charge in [0.25, 0.3) is 0 Å². The van der Waals surface area contributed by atoms with E-state index in [2.05, 4.69) is 4.98 Å². The van der Waals surface area contributed by atoms with Gasteiger partial charge in [-0.25, -0.2) is 0 Å². The van der Waals surface area contributed by atoms with E-state index >= 15 is 0 Å². The summed E-state index contributed by atoms with van der Waals surface area (Å²) in [5, 5.41) is 8.76. The highest BCUT2D eigenvalue weighted by molar-refractivity contribution is 5.24. The second-order valence-corrected chi connectivity index (χ2v) is 3.36. The number of benzene rings is 1. The SMILES string of the molecule is Cc1ccc(O)cc1.Cc1ccncc1. The summed E-state index contributed by atoms with van der Waals surface area (Å²) in [6.07, 6.45) is 3.57. The molecule has 0 aliphatic rings. The molecule has 78 valence electrons. The first-order chi connectivity index (χ1) is 7.18. The lowest BCUT2D eigenvalue weighted by Crippen LogP contribution is -1.68. The summed E-state index contributed by atoms with van der Waals surface area (Å²) >= 11 is 0. The molecule has 2 nitrogen and oxygen atoms in total. The van der Waals surface area contributed by atoms with Crippen LogP contribution in [0.2, 0.25) is 0 Å². The summed E-state index contributed by atoms with van der Waals surface area (Å²) in [5.41, 5.74) is 2.43. The normalized spacial score (nSPS) is 8.93. The fourth-order valence-electron chi connectivity index (χ4n) is 0.971. The van der Waals surface area contributed by atoms with Crippen molar-refractivity contribution in [1.82, 2.24) is 4.98 Å². The highest BCUT2D eigenvalue weighted by atomic mass is 16.3. The van der Waals surface area contributed by atoms with Crippen LogP contribution in [0.1, 0.15) is 11.1 Å². The van der Waals surface area contributed by atoms with Crippen LogP contribution < -0.4 is 0 Å². The van der Waals surface area contributed by atoms with Crippen LogP contribution in [0.5, 0.6) is 5.75 Å². The van der Waals surface area contributed by atoms with Crippen molar-refractivity contribution in [1.29, 1.82) is 0 Å². The van der Waals surface area contributed by atoms with Gasteiger partial charge < -0.3 is 5.11 Å². The van der Waals surface area contributed by atoms with Crippen molar-refractivity contribution >= 4 is 0 Å². The van der Waals surface area contributed by atoms with Gasteiger partial charge in [-0.15, -0.1) is 0 Å². The Morgan fingerprint density at radius 3 is 1.60 bits per heavy atom. The maximum atomic E-state index is 8.76. The Hall–Kier alpha value is -1.83. The van der Waals surface area contributed by atoms with Gasteiger partial charge in [-0.2, -0.15) is 0 Å². The van der Waals surface area contributed by atoms with Crippen LogP contribution in [0.25, 0.3) is 0 Å². The number of aromatic nitrogens is 1. The maximum Gasteiger partial charge on any atom is 0.115 e. The van der Waals surface area contributed by atoms with Gasteiger partial charge in [0.05, 0.1) is 0 Å². The molecule has 0 amide bonds. The van der Waals surface area contributed by atoms with Gasteiger partial charge in [-0.3, -0.25) is 4.98 Å². The van der Waals surface area contributed by atoms with Crippen LogP contribution in [0.15, 0.2) is 48.8 Å². The average molecular weight is 201 g/mol. The molecule has 1 heterocycles. The first-order valence-electron chi connectivity index (χ1n) is 4.81. The molecular weight excluding hydrogens is 186 g/mol. The molecule has 0 atom stereocenters. The summed E-state index contributed by atoms with van der Waals surface area (Å²) < 4.78 is 0. The van der Waals surface area contributed by atoms with E-state index < -0.39 is 0 Å². The Labute approximate surface area is 90.2 Å². The van der Waals surface area contributed by atoms with E-state index in [1.807, 2.05) is 38.1 Å². The van der Waals surface area contributed by atoms with Gasteiger partial charge in [-0.05, 0) is 43.7 Å². The van der Waals surface area contributed by atoms with E-state index in [1.165, 1.54) is 11.1 Å². The van der Waals surface area contributed by atoms with Crippen LogP contribution in [-0.2, 0) is 0 Å². The fraction of sp³-hybridized carbons (Fsp3) is 0.154. The van der Waals surface area contributed by atoms with E-state index in [1.54, 1.807) is 24.5 Å². The molecule has 0 aliphatic carbocycles. The van der Waals surface area contributed by atoms with Crippen molar-refractivity contribution in [3.63, 3.8) is 0 Å². The molecule has 1 aromatic heterocycles. The predicted molar refractivity (Wildman–Crippen MR) is 61.8 cm³/mol. The molecular formula is C13H15NO. The summed E-state index contributed by atoms with van der Waals surface area (Å²) in [7, 11) is 0. The topological polar surface area (TPSA) is 33.1 Å². The molecule has 0 unspecified atom stereocenters. The second kappa shape index (κ2) is 5.81. The van der Waals surface area contributed by atoms with Crippen molar-refractivity contribution in [2.75, 3.05) is 0 Å². The Kier molecular flexibility index (Phi) is 4.35. The van der Waals surface area contributed by atoms with Crippen LogP contribution in [0.4, 0.5) is 0 Å². The highest BCUT2D eigenvalue weighted by Gasteiger charge is 1.82. The number of aryl methyl sites for hydroxylation is 2. The molecule has 2 aromatic rings. The third kappa shape index (κ3) is 4.81. The van der Waals surface area contributed by atoms with E-state index in [0.717, 1.165) is 0 Å². The van der Waals surface area contributed by atoms with E-state index in [-0.39, 0.29) is 0 Å². The first kappa shape index (κ1) is 11.2. The minimum absolute atomic E-state index is 0.329. The number of nitrogens with zero attached hydrogens (tertiary/aromatic N) is 1. The predicted octanol–water partition coefficient (Wildman–Crippen LogP) is 3.09. The smallest absolute Gasteiger partial charge is 0.115 e. The van der Waals surface area contributed by atoms with Crippen LogP contribution in [0.3, 0.4) is 0 Å². The third-order valence-electron chi connectivity index (χ3n) is 1.88. The fourth-order valence-corrected chi connectivity index (χ4v) is 0.971. The van der Waals surface area contributed by atoms with Gasteiger partial charge in [0.2, 0.25) is 0 Å².